The number of anilines is 1. The Labute approximate surface area is 223 Å². The first kappa shape index (κ1) is 26.8. The Morgan fingerprint density at radius 3 is 2.18 bits per heavy atom. The Hall–Kier alpha value is -4.26. The van der Waals surface area contributed by atoms with Crippen molar-refractivity contribution in [2.45, 2.75) is 46.8 Å². The summed E-state index contributed by atoms with van der Waals surface area (Å²) < 4.78 is 16.9. The number of ether oxygens (including phenoxy) is 3. The van der Waals surface area contributed by atoms with Crippen LogP contribution in [0, 0.1) is 13.8 Å². The van der Waals surface area contributed by atoms with E-state index >= 15 is 0 Å². The quantitative estimate of drug-likeness (QED) is 0.221. The summed E-state index contributed by atoms with van der Waals surface area (Å²) in [7, 11) is 1.51. The van der Waals surface area contributed by atoms with E-state index in [0.29, 0.717) is 40.7 Å². The summed E-state index contributed by atoms with van der Waals surface area (Å²) in [5, 5.41) is 11.6. The van der Waals surface area contributed by atoms with Gasteiger partial charge in [-0.15, -0.1) is 0 Å². The molecule has 1 N–H and O–H groups in total. The second kappa shape index (κ2) is 11.0. The summed E-state index contributed by atoms with van der Waals surface area (Å²) >= 11 is 0. The predicted octanol–water partition coefficient (Wildman–Crippen LogP) is 6.12. The summed E-state index contributed by atoms with van der Waals surface area (Å²) in [4.78, 5) is 28.4. The van der Waals surface area contributed by atoms with E-state index < -0.39 is 17.7 Å². The number of methoxy groups -OCH3 is 1. The fourth-order valence-corrected chi connectivity index (χ4v) is 4.83. The molecule has 3 aromatic carbocycles. The lowest BCUT2D eigenvalue weighted by Crippen LogP contribution is -2.29. The number of hydrogen-bond acceptors (Lipinski definition) is 6. The van der Waals surface area contributed by atoms with Crippen LogP contribution in [0.1, 0.15) is 49.1 Å². The molecule has 7 nitrogen and oxygen atoms in total. The van der Waals surface area contributed by atoms with Crippen molar-refractivity contribution in [3.63, 3.8) is 0 Å². The Balaban J connectivity index is 1.92. The Morgan fingerprint density at radius 1 is 0.974 bits per heavy atom. The molecule has 1 atom stereocenters. The summed E-state index contributed by atoms with van der Waals surface area (Å²) in [6, 6.07) is 17.0. The molecular formula is C31H33NO6. The largest absolute Gasteiger partial charge is 0.507 e. The molecule has 1 saturated heterocycles. The van der Waals surface area contributed by atoms with Gasteiger partial charge in [-0.25, -0.2) is 0 Å². The smallest absolute Gasteiger partial charge is 0.300 e. The zero-order valence-electron chi connectivity index (χ0n) is 22.6. The second-order valence-electron chi connectivity index (χ2n) is 9.49. The van der Waals surface area contributed by atoms with Crippen LogP contribution in [0.3, 0.4) is 0 Å². The number of aliphatic hydroxyl groups excluding tert-OH is 1. The Morgan fingerprint density at radius 2 is 1.61 bits per heavy atom. The van der Waals surface area contributed by atoms with E-state index in [9.17, 15) is 14.7 Å². The number of hydrogen-bond donors (Lipinski definition) is 1. The van der Waals surface area contributed by atoms with Crippen LogP contribution in [-0.2, 0) is 9.59 Å². The molecule has 7 heteroatoms. The van der Waals surface area contributed by atoms with Gasteiger partial charge in [0.25, 0.3) is 11.7 Å². The topological polar surface area (TPSA) is 85.3 Å². The lowest BCUT2D eigenvalue weighted by Gasteiger charge is -2.26. The first-order valence-electron chi connectivity index (χ1n) is 12.6. The number of aliphatic hydroxyl groups is 1. The van der Waals surface area contributed by atoms with Gasteiger partial charge in [0.05, 0.1) is 37.0 Å². The molecule has 4 rings (SSSR count). The highest BCUT2D eigenvalue weighted by atomic mass is 16.5. The number of benzene rings is 3. The van der Waals surface area contributed by atoms with Gasteiger partial charge in [0.1, 0.15) is 23.0 Å². The SMILES string of the molecule is CCOc1ccc(N2C(=O)C(=O)/C(=C(/O)c3cc(C)cc(C)c3OC)C2c2ccc(OC(C)C)cc2)cc1. The first-order valence-corrected chi connectivity index (χ1v) is 12.6. The number of aryl methyl sites for hydroxylation is 2. The van der Waals surface area contributed by atoms with Crippen molar-refractivity contribution in [3.05, 3.63) is 88.5 Å². The summed E-state index contributed by atoms with van der Waals surface area (Å²) in [5.41, 5.74) is 3.21. The molecule has 38 heavy (non-hydrogen) atoms. The van der Waals surface area contributed by atoms with Crippen molar-refractivity contribution < 1.29 is 28.9 Å². The van der Waals surface area contributed by atoms with Crippen molar-refractivity contribution in [2.75, 3.05) is 18.6 Å². The van der Waals surface area contributed by atoms with Crippen molar-refractivity contribution in [1.82, 2.24) is 0 Å². The first-order chi connectivity index (χ1) is 18.2. The highest BCUT2D eigenvalue weighted by Gasteiger charge is 2.47. The molecule has 0 saturated carbocycles. The van der Waals surface area contributed by atoms with Crippen LogP contribution in [0.2, 0.25) is 0 Å². The van der Waals surface area contributed by atoms with Crippen molar-refractivity contribution in [3.8, 4) is 17.2 Å². The molecule has 1 amide bonds. The van der Waals surface area contributed by atoms with E-state index in [1.54, 1.807) is 42.5 Å². The van der Waals surface area contributed by atoms with Crippen LogP contribution in [0.25, 0.3) is 5.76 Å². The highest BCUT2D eigenvalue weighted by molar-refractivity contribution is 6.51. The zero-order valence-corrected chi connectivity index (χ0v) is 22.6. The molecule has 0 radical (unpaired) electrons. The lowest BCUT2D eigenvalue weighted by molar-refractivity contribution is -0.132. The minimum absolute atomic E-state index is 0.00707. The van der Waals surface area contributed by atoms with Crippen LogP contribution in [0.15, 0.2) is 66.2 Å². The third kappa shape index (κ3) is 5.09. The van der Waals surface area contributed by atoms with Gasteiger partial charge in [0.2, 0.25) is 0 Å². The fourth-order valence-electron chi connectivity index (χ4n) is 4.83. The van der Waals surface area contributed by atoms with Gasteiger partial charge >= 0.3 is 0 Å². The zero-order chi connectivity index (χ0) is 27.6. The molecule has 1 fully saturated rings. The van der Waals surface area contributed by atoms with E-state index in [4.69, 9.17) is 14.2 Å². The molecule has 1 unspecified atom stereocenters. The number of ketones is 1. The van der Waals surface area contributed by atoms with Gasteiger partial charge in [-0.3, -0.25) is 14.5 Å². The molecule has 0 spiro atoms. The maximum atomic E-state index is 13.5. The molecule has 1 aliphatic rings. The van der Waals surface area contributed by atoms with E-state index in [-0.39, 0.29) is 17.4 Å². The third-order valence-electron chi connectivity index (χ3n) is 6.32. The molecule has 1 heterocycles. The van der Waals surface area contributed by atoms with Gasteiger partial charge in [0, 0.05) is 5.69 Å². The maximum Gasteiger partial charge on any atom is 0.300 e. The van der Waals surface area contributed by atoms with E-state index in [0.717, 1.165) is 11.1 Å². The lowest BCUT2D eigenvalue weighted by atomic mass is 9.93. The molecule has 0 bridgehead atoms. The average molecular weight is 516 g/mol. The van der Waals surface area contributed by atoms with Crippen LogP contribution in [0.4, 0.5) is 5.69 Å². The molecule has 1 aliphatic heterocycles. The molecule has 3 aromatic rings. The van der Waals surface area contributed by atoms with Crippen LogP contribution < -0.4 is 19.1 Å². The van der Waals surface area contributed by atoms with Gasteiger partial charge in [-0.05, 0) is 93.8 Å². The molecular weight excluding hydrogens is 482 g/mol. The van der Waals surface area contributed by atoms with Gasteiger partial charge in [0.15, 0.2) is 0 Å². The van der Waals surface area contributed by atoms with E-state index in [1.165, 1.54) is 12.0 Å². The summed E-state index contributed by atoms with van der Waals surface area (Å²) in [5.74, 6) is -0.0262. The summed E-state index contributed by atoms with van der Waals surface area (Å²) in [6.07, 6.45) is -0.00707. The monoisotopic (exact) mass is 515 g/mol. The fraction of sp³-hybridized carbons (Fsp3) is 0.290. The number of amides is 1. The number of nitrogens with zero attached hydrogens (tertiary/aromatic N) is 1. The molecule has 0 aliphatic carbocycles. The normalized spacial score (nSPS) is 16.7. The average Bonchev–Trinajstić information content (AvgIpc) is 3.14. The standard InChI is InChI=1S/C31H33NO6/c1-7-37-23-14-10-22(11-15-23)32-27(21-8-12-24(13-9-21)38-18(2)3)26(29(34)31(32)35)28(33)25-17-19(4)16-20(5)30(25)36-6/h8-18,27,33H,7H2,1-6H3/b28-26+. The van der Waals surface area contributed by atoms with Crippen molar-refractivity contribution >= 4 is 23.1 Å². The Kier molecular flexibility index (Phi) is 7.76. The second-order valence-corrected chi connectivity index (χ2v) is 9.49. The third-order valence-corrected chi connectivity index (χ3v) is 6.32. The van der Waals surface area contributed by atoms with Gasteiger partial charge in [-0.1, -0.05) is 18.2 Å². The van der Waals surface area contributed by atoms with Gasteiger partial charge < -0.3 is 19.3 Å². The van der Waals surface area contributed by atoms with Crippen LogP contribution >= 0.6 is 0 Å². The molecule has 198 valence electrons. The van der Waals surface area contributed by atoms with Crippen molar-refractivity contribution in [2.24, 2.45) is 0 Å². The maximum absolute atomic E-state index is 13.5. The number of Topliss-reactive ketones (excluding diaryl/α,β-unsaturated/α-hetero) is 1. The number of rotatable bonds is 8. The molecule has 0 aromatic heterocycles. The minimum atomic E-state index is -0.869. The number of carbonyl (C=O) groups excluding carboxylic acids is 2. The van der Waals surface area contributed by atoms with Gasteiger partial charge in [-0.2, -0.15) is 0 Å². The highest BCUT2D eigenvalue weighted by Crippen LogP contribution is 2.44. The number of carbonyl (C=O) groups is 2. The van der Waals surface area contributed by atoms with E-state index in [2.05, 4.69) is 0 Å². The van der Waals surface area contributed by atoms with Crippen LogP contribution in [0.5, 0.6) is 17.2 Å². The minimum Gasteiger partial charge on any atom is -0.507 e. The van der Waals surface area contributed by atoms with Crippen LogP contribution in [-0.4, -0.2) is 36.6 Å². The Bertz CT molecular complexity index is 1370. The van der Waals surface area contributed by atoms with E-state index in [1.807, 2.05) is 52.8 Å². The van der Waals surface area contributed by atoms with Crippen molar-refractivity contribution in [1.29, 1.82) is 0 Å². The summed E-state index contributed by atoms with van der Waals surface area (Å²) in [6.45, 7) is 10.0. The predicted molar refractivity (Wildman–Crippen MR) is 147 cm³/mol.